The van der Waals surface area contributed by atoms with Crippen molar-refractivity contribution in [1.82, 2.24) is 14.5 Å². The molecule has 1 heterocycles. The number of rotatable bonds is 7. The smallest absolute Gasteiger partial charge is 0.243 e. The Morgan fingerprint density at radius 1 is 1.36 bits per heavy atom. The SMILES string of the molecule is C[C@@H](CNC(=O)[C@@H]1CCCN1S(=O)(=O)c1ccc(Cl)cc1)CN(C)C. The molecule has 1 saturated heterocycles. The molecular formula is C17H26ClN3O3S. The van der Waals surface area contributed by atoms with Crippen LogP contribution in [0.25, 0.3) is 0 Å². The Kier molecular flexibility index (Phi) is 6.85. The summed E-state index contributed by atoms with van der Waals surface area (Å²) in [4.78, 5) is 14.7. The molecular weight excluding hydrogens is 362 g/mol. The molecule has 0 aromatic heterocycles. The Hall–Kier alpha value is -1.15. The molecule has 1 aliphatic heterocycles. The lowest BCUT2D eigenvalue weighted by molar-refractivity contribution is -0.124. The third-order valence-corrected chi connectivity index (χ3v) is 6.40. The van der Waals surface area contributed by atoms with Crippen LogP contribution >= 0.6 is 11.6 Å². The molecule has 0 unspecified atom stereocenters. The van der Waals surface area contributed by atoms with E-state index in [9.17, 15) is 13.2 Å². The van der Waals surface area contributed by atoms with Crippen LogP contribution in [0.2, 0.25) is 5.02 Å². The Morgan fingerprint density at radius 3 is 2.60 bits per heavy atom. The van der Waals surface area contributed by atoms with Crippen molar-refractivity contribution >= 4 is 27.5 Å². The summed E-state index contributed by atoms with van der Waals surface area (Å²) in [5, 5.41) is 3.38. The molecule has 1 aliphatic rings. The molecule has 1 aromatic rings. The number of nitrogens with one attached hydrogen (secondary N) is 1. The maximum absolute atomic E-state index is 12.8. The summed E-state index contributed by atoms with van der Waals surface area (Å²) in [6.45, 7) is 3.80. The van der Waals surface area contributed by atoms with Crippen LogP contribution < -0.4 is 5.32 Å². The summed E-state index contributed by atoms with van der Waals surface area (Å²) < 4.78 is 27.0. The Balaban J connectivity index is 2.06. The summed E-state index contributed by atoms with van der Waals surface area (Å²) in [5.41, 5.74) is 0. The number of sulfonamides is 1. The van der Waals surface area contributed by atoms with E-state index in [1.54, 1.807) is 12.1 Å². The lowest BCUT2D eigenvalue weighted by Gasteiger charge is -2.24. The number of nitrogens with zero attached hydrogens (tertiary/aromatic N) is 2. The number of carbonyl (C=O) groups is 1. The van der Waals surface area contributed by atoms with Crippen LogP contribution in [-0.4, -0.2) is 63.3 Å². The van der Waals surface area contributed by atoms with Crippen LogP contribution in [0.3, 0.4) is 0 Å². The molecule has 2 atom stereocenters. The average Bonchev–Trinajstić information content (AvgIpc) is 3.03. The monoisotopic (exact) mass is 387 g/mol. The molecule has 1 fully saturated rings. The van der Waals surface area contributed by atoms with E-state index >= 15 is 0 Å². The van der Waals surface area contributed by atoms with E-state index in [0.717, 1.165) is 6.54 Å². The van der Waals surface area contributed by atoms with Gasteiger partial charge in [0, 0.05) is 24.7 Å². The first-order chi connectivity index (χ1) is 11.7. The van der Waals surface area contributed by atoms with Crippen LogP contribution in [0, 0.1) is 5.92 Å². The van der Waals surface area contributed by atoms with Crippen molar-refractivity contribution in [3.63, 3.8) is 0 Å². The largest absolute Gasteiger partial charge is 0.354 e. The lowest BCUT2D eigenvalue weighted by Crippen LogP contribution is -2.47. The molecule has 8 heteroatoms. The normalized spacial score (nSPS) is 20.0. The van der Waals surface area contributed by atoms with Gasteiger partial charge in [0.05, 0.1) is 4.90 Å². The number of hydrogen-bond acceptors (Lipinski definition) is 4. The van der Waals surface area contributed by atoms with Gasteiger partial charge < -0.3 is 10.2 Å². The number of carbonyl (C=O) groups excluding carboxylic acids is 1. The van der Waals surface area contributed by atoms with Gasteiger partial charge in [0.25, 0.3) is 0 Å². The zero-order valence-electron chi connectivity index (χ0n) is 14.9. The fraction of sp³-hybridized carbons (Fsp3) is 0.588. The lowest BCUT2D eigenvalue weighted by atomic mass is 10.1. The topological polar surface area (TPSA) is 69.7 Å². The van der Waals surface area contributed by atoms with Crippen LogP contribution in [0.4, 0.5) is 0 Å². The second-order valence-corrected chi connectivity index (χ2v) is 9.17. The Morgan fingerprint density at radius 2 is 2.00 bits per heavy atom. The molecule has 1 N–H and O–H groups in total. The van der Waals surface area contributed by atoms with Crippen molar-refractivity contribution < 1.29 is 13.2 Å². The van der Waals surface area contributed by atoms with Crippen molar-refractivity contribution in [3.05, 3.63) is 29.3 Å². The zero-order chi connectivity index (χ0) is 18.6. The first-order valence-corrected chi connectivity index (χ1v) is 10.2. The quantitative estimate of drug-likeness (QED) is 0.774. The van der Waals surface area contributed by atoms with Crippen molar-refractivity contribution in [3.8, 4) is 0 Å². The molecule has 140 valence electrons. The third kappa shape index (κ3) is 5.17. The number of amides is 1. The molecule has 0 bridgehead atoms. The molecule has 1 amide bonds. The van der Waals surface area contributed by atoms with E-state index in [0.29, 0.717) is 36.9 Å². The molecule has 25 heavy (non-hydrogen) atoms. The van der Waals surface area contributed by atoms with Gasteiger partial charge in [-0.1, -0.05) is 18.5 Å². The number of benzene rings is 1. The number of hydrogen-bond donors (Lipinski definition) is 1. The van der Waals surface area contributed by atoms with Crippen molar-refractivity contribution in [2.45, 2.75) is 30.7 Å². The average molecular weight is 388 g/mol. The highest BCUT2D eigenvalue weighted by Crippen LogP contribution is 2.27. The first kappa shape index (κ1) is 20.2. The Labute approximate surface area is 155 Å². The molecule has 0 saturated carbocycles. The van der Waals surface area contributed by atoms with Gasteiger partial charge in [0.15, 0.2) is 0 Å². The maximum Gasteiger partial charge on any atom is 0.243 e. The maximum atomic E-state index is 12.8. The predicted molar refractivity (Wildman–Crippen MR) is 99.1 cm³/mol. The minimum Gasteiger partial charge on any atom is -0.354 e. The molecule has 2 rings (SSSR count). The number of halogens is 1. The van der Waals surface area contributed by atoms with E-state index in [2.05, 4.69) is 17.1 Å². The summed E-state index contributed by atoms with van der Waals surface area (Å²) in [7, 11) is 0.262. The van der Waals surface area contributed by atoms with Gasteiger partial charge in [0.2, 0.25) is 15.9 Å². The molecule has 0 radical (unpaired) electrons. The van der Waals surface area contributed by atoms with Gasteiger partial charge in [-0.3, -0.25) is 4.79 Å². The van der Waals surface area contributed by atoms with Gasteiger partial charge in [-0.2, -0.15) is 4.31 Å². The molecule has 0 spiro atoms. The first-order valence-electron chi connectivity index (χ1n) is 8.41. The minimum absolute atomic E-state index is 0.164. The van der Waals surface area contributed by atoms with Crippen LogP contribution in [0.1, 0.15) is 19.8 Å². The van der Waals surface area contributed by atoms with E-state index in [-0.39, 0.29) is 10.8 Å². The van der Waals surface area contributed by atoms with E-state index in [1.165, 1.54) is 16.4 Å². The van der Waals surface area contributed by atoms with Crippen molar-refractivity contribution in [1.29, 1.82) is 0 Å². The second-order valence-electron chi connectivity index (χ2n) is 6.84. The van der Waals surface area contributed by atoms with Gasteiger partial charge in [-0.15, -0.1) is 0 Å². The van der Waals surface area contributed by atoms with Crippen LogP contribution in [-0.2, 0) is 14.8 Å². The Bertz CT molecular complexity index is 692. The second kappa shape index (κ2) is 8.49. The fourth-order valence-corrected chi connectivity index (χ4v) is 4.89. The van der Waals surface area contributed by atoms with Gasteiger partial charge in [-0.25, -0.2) is 8.42 Å². The van der Waals surface area contributed by atoms with Crippen LogP contribution in [0.15, 0.2) is 29.2 Å². The summed E-state index contributed by atoms with van der Waals surface area (Å²) >= 11 is 5.83. The minimum atomic E-state index is -3.70. The van der Waals surface area contributed by atoms with E-state index in [1.807, 2.05) is 14.1 Å². The molecule has 0 aliphatic carbocycles. The predicted octanol–water partition coefficient (Wildman–Crippen LogP) is 1.81. The van der Waals surface area contributed by atoms with Gasteiger partial charge >= 0.3 is 0 Å². The highest BCUT2D eigenvalue weighted by Gasteiger charge is 2.39. The van der Waals surface area contributed by atoms with Crippen LogP contribution in [0.5, 0.6) is 0 Å². The van der Waals surface area contributed by atoms with Crippen molar-refractivity contribution in [2.24, 2.45) is 5.92 Å². The summed E-state index contributed by atoms with van der Waals surface area (Å²) in [5.74, 6) is 0.0716. The fourth-order valence-electron chi connectivity index (χ4n) is 3.11. The molecule has 1 aromatic carbocycles. The van der Waals surface area contributed by atoms with Gasteiger partial charge in [-0.05, 0) is 57.1 Å². The van der Waals surface area contributed by atoms with E-state index < -0.39 is 16.1 Å². The summed E-state index contributed by atoms with van der Waals surface area (Å²) in [6, 6.07) is 5.39. The highest BCUT2D eigenvalue weighted by atomic mass is 35.5. The van der Waals surface area contributed by atoms with Gasteiger partial charge in [0.1, 0.15) is 6.04 Å². The van der Waals surface area contributed by atoms with E-state index in [4.69, 9.17) is 11.6 Å². The summed E-state index contributed by atoms with van der Waals surface area (Å²) in [6.07, 6.45) is 1.22. The molecule has 6 nitrogen and oxygen atoms in total. The zero-order valence-corrected chi connectivity index (χ0v) is 16.5. The standard InChI is InChI=1S/C17H26ClN3O3S/c1-13(12-20(2)3)11-19-17(22)16-5-4-10-21(16)25(23,24)15-8-6-14(18)7-9-15/h6-9,13,16H,4-5,10-12H2,1-3H3,(H,19,22)/t13-,16-/m0/s1. The third-order valence-electron chi connectivity index (χ3n) is 4.23. The van der Waals surface area contributed by atoms with Crippen molar-refractivity contribution in [2.75, 3.05) is 33.7 Å². The highest BCUT2D eigenvalue weighted by molar-refractivity contribution is 7.89.